The van der Waals surface area contributed by atoms with Crippen molar-refractivity contribution in [1.29, 1.82) is 0 Å². The number of hydrogen-bond acceptors (Lipinski definition) is 3. The minimum atomic E-state index is -0.423. The van der Waals surface area contributed by atoms with Crippen LogP contribution in [0.5, 0.6) is 0 Å². The van der Waals surface area contributed by atoms with Gasteiger partial charge in [-0.25, -0.2) is 0 Å². The highest BCUT2D eigenvalue weighted by Crippen LogP contribution is 2.19. The molecule has 1 aliphatic rings. The van der Waals surface area contributed by atoms with E-state index in [2.05, 4.69) is 10.6 Å². The Kier molecular flexibility index (Phi) is 7.60. The monoisotopic (exact) mass is 407 g/mol. The number of anilines is 1. The molecular formula is C24H29N3O3. The van der Waals surface area contributed by atoms with Crippen LogP contribution < -0.4 is 10.6 Å². The summed E-state index contributed by atoms with van der Waals surface area (Å²) in [5.74, 6) is -0.161. The van der Waals surface area contributed by atoms with Gasteiger partial charge in [0, 0.05) is 25.2 Å². The van der Waals surface area contributed by atoms with Crippen molar-refractivity contribution in [2.24, 2.45) is 0 Å². The molecule has 1 fully saturated rings. The van der Waals surface area contributed by atoms with Gasteiger partial charge in [0.25, 0.3) is 0 Å². The fraction of sp³-hybridized carbons (Fsp3) is 0.375. The first-order valence-corrected chi connectivity index (χ1v) is 10.6. The Morgan fingerprint density at radius 3 is 2.57 bits per heavy atom. The molecule has 3 amide bonds. The second kappa shape index (κ2) is 10.6. The zero-order valence-corrected chi connectivity index (χ0v) is 17.4. The molecule has 0 aliphatic carbocycles. The van der Waals surface area contributed by atoms with Gasteiger partial charge in [-0.2, -0.15) is 0 Å². The summed E-state index contributed by atoms with van der Waals surface area (Å²) >= 11 is 0. The number of carbonyl (C=O) groups excluding carboxylic acids is 3. The Labute approximate surface area is 177 Å². The fourth-order valence-corrected chi connectivity index (χ4v) is 3.73. The van der Waals surface area contributed by atoms with E-state index in [1.807, 2.05) is 61.5 Å². The number of benzene rings is 2. The van der Waals surface area contributed by atoms with Crippen LogP contribution in [0.2, 0.25) is 0 Å². The van der Waals surface area contributed by atoms with Gasteiger partial charge < -0.3 is 15.5 Å². The third-order valence-electron chi connectivity index (χ3n) is 5.23. The molecule has 0 spiro atoms. The fourth-order valence-electron chi connectivity index (χ4n) is 3.73. The van der Waals surface area contributed by atoms with Gasteiger partial charge in [0.2, 0.25) is 17.7 Å². The Bertz CT molecular complexity index is 882. The van der Waals surface area contributed by atoms with Crippen molar-refractivity contribution in [2.45, 2.75) is 51.6 Å². The van der Waals surface area contributed by atoms with Crippen molar-refractivity contribution in [2.75, 3.05) is 11.9 Å². The summed E-state index contributed by atoms with van der Waals surface area (Å²) in [6.07, 6.45) is 3.10. The van der Waals surface area contributed by atoms with E-state index in [1.165, 1.54) is 0 Å². The van der Waals surface area contributed by atoms with Gasteiger partial charge in [-0.1, -0.05) is 49.4 Å². The first-order chi connectivity index (χ1) is 14.6. The van der Waals surface area contributed by atoms with Crippen LogP contribution in [0.1, 0.15) is 43.7 Å². The Balaban J connectivity index is 1.55. The summed E-state index contributed by atoms with van der Waals surface area (Å²) < 4.78 is 0. The van der Waals surface area contributed by atoms with E-state index >= 15 is 0 Å². The summed E-state index contributed by atoms with van der Waals surface area (Å²) in [6, 6.07) is 16.6. The van der Waals surface area contributed by atoms with E-state index in [-0.39, 0.29) is 17.7 Å². The molecule has 2 aromatic rings. The van der Waals surface area contributed by atoms with E-state index in [1.54, 1.807) is 4.90 Å². The number of carbonyl (C=O) groups is 3. The third kappa shape index (κ3) is 5.92. The van der Waals surface area contributed by atoms with Crippen LogP contribution in [0.25, 0.3) is 0 Å². The van der Waals surface area contributed by atoms with Crippen LogP contribution in [0.4, 0.5) is 5.69 Å². The average Bonchev–Trinajstić information content (AvgIpc) is 3.23. The van der Waals surface area contributed by atoms with Crippen LogP contribution >= 0.6 is 0 Å². The van der Waals surface area contributed by atoms with Crippen LogP contribution in [0.15, 0.2) is 54.6 Å². The highest BCUT2D eigenvalue weighted by molar-refractivity contribution is 5.91. The number of amides is 3. The minimum absolute atomic E-state index is 0.0144. The maximum absolute atomic E-state index is 12.8. The van der Waals surface area contributed by atoms with E-state index in [0.29, 0.717) is 32.4 Å². The minimum Gasteiger partial charge on any atom is -0.350 e. The van der Waals surface area contributed by atoms with Gasteiger partial charge in [0.05, 0.1) is 6.42 Å². The SMILES string of the molecule is CCCC(=O)Nc1cccc(CNC(=O)C2CCCN2C(=O)Cc2ccccc2)c1. The molecule has 158 valence electrons. The highest BCUT2D eigenvalue weighted by Gasteiger charge is 2.33. The molecule has 2 aromatic carbocycles. The van der Waals surface area contributed by atoms with E-state index in [0.717, 1.165) is 29.7 Å². The number of rotatable bonds is 8. The predicted molar refractivity (Wildman–Crippen MR) is 117 cm³/mol. The average molecular weight is 408 g/mol. The molecule has 6 heteroatoms. The first-order valence-electron chi connectivity index (χ1n) is 10.6. The third-order valence-corrected chi connectivity index (χ3v) is 5.23. The van der Waals surface area contributed by atoms with Gasteiger partial charge in [-0.05, 0) is 42.5 Å². The van der Waals surface area contributed by atoms with E-state index in [9.17, 15) is 14.4 Å². The highest BCUT2D eigenvalue weighted by atomic mass is 16.2. The lowest BCUT2D eigenvalue weighted by Gasteiger charge is -2.24. The van der Waals surface area contributed by atoms with Gasteiger partial charge >= 0.3 is 0 Å². The lowest BCUT2D eigenvalue weighted by atomic mass is 10.1. The first kappa shape index (κ1) is 21.6. The molecule has 0 aromatic heterocycles. The molecule has 1 unspecified atom stereocenters. The van der Waals surface area contributed by atoms with Crippen LogP contribution in [-0.4, -0.2) is 35.2 Å². The summed E-state index contributed by atoms with van der Waals surface area (Å²) in [7, 11) is 0. The number of hydrogen-bond donors (Lipinski definition) is 2. The van der Waals surface area contributed by atoms with Crippen molar-refractivity contribution in [1.82, 2.24) is 10.2 Å². The number of likely N-dealkylation sites (tertiary alicyclic amines) is 1. The van der Waals surface area contributed by atoms with Crippen molar-refractivity contribution >= 4 is 23.4 Å². The molecule has 30 heavy (non-hydrogen) atoms. The van der Waals surface area contributed by atoms with Crippen molar-refractivity contribution in [3.05, 3.63) is 65.7 Å². The van der Waals surface area contributed by atoms with Crippen molar-refractivity contribution < 1.29 is 14.4 Å². The Morgan fingerprint density at radius 1 is 1.03 bits per heavy atom. The maximum atomic E-state index is 12.8. The Hall–Kier alpha value is -3.15. The predicted octanol–water partition coefficient (Wildman–Crippen LogP) is 3.28. The standard InChI is InChI=1S/C24H29N3O3/c1-2-8-22(28)26-20-12-6-11-19(15-20)17-25-24(30)21-13-7-14-27(21)23(29)16-18-9-4-3-5-10-18/h3-6,9-12,15,21H,2,7-8,13-14,16-17H2,1H3,(H,25,30)(H,26,28). The Morgan fingerprint density at radius 2 is 1.80 bits per heavy atom. The zero-order valence-electron chi connectivity index (χ0n) is 17.4. The van der Waals surface area contributed by atoms with Crippen molar-refractivity contribution in [3.63, 3.8) is 0 Å². The summed E-state index contributed by atoms with van der Waals surface area (Å²) in [5, 5.41) is 5.82. The molecule has 2 N–H and O–H groups in total. The molecular weight excluding hydrogens is 378 g/mol. The van der Waals surface area contributed by atoms with Crippen molar-refractivity contribution in [3.8, 4) is 0 Å². The second-order valence-corrected chi connectivity index (χ2v) is 7.62. The van der Waals surface area contributed by atoms with Gasteiger partial charge in [0.15, 0.2) is 0 Å². The number of nitrogens with zero attached hydrogens (tertiary/aromatic N) is 1. The molecule has 3 rings (SSSR count). The molecule has 1 heterocycles. The molecule has 1 atom stereocenters. The smallest absolute Gasteiger partial charge is 0.243 e. The van der Waals surface area contributed by atoms with E-state index < -0.39 is 6.04 Å². The van der Waals surface area contributed by atoms with Gasteiger partial charge in [-0.3, -0.25) is 14.4 Å². The molecule has 0 radical (unpaired) electrons. The van der Waals surface area contributed by atoms with Crippen LogP contribution in [-0.2, 0) is 27.3 Å². The normalized spacial score (nSPS) is 15.6. The van der Waals surface area contributed by atoms with Gasteiger partial charge in [0.1, 0.15) is 6.04 Å². The summed E-state index contributed by atoms with van der Waals surface area (Å²) in [6.45, 7) is 2.93. The van der Waals surface area contributed by atoms with E-state index in [4.69, 9.17) is 0 Å². The van der Waals surface area contributed by atoms with Crippen LogP contribution in [0, 0.1) is 0 Å². The van der Waals surface area contributed by atoms with Gasteiger partial charge in [-0.15, -0.1) is 0 Å². The maximum Gasteiger partial charge on any atom is 0.243 e. The molecule has 1 saturated heterocycles. The summed E-state index contributed by atoms with van der Waals surface area (Å²) in [5.41, 5.74) is 2.58. The topological polar surface area (TPSA) is 78.5 Å². The second-order valence-electron chi connectivity index (χ2n) is 7.62. The quantitative estimate of drug-likeness (QED) is 0.705. The lowest BCUT2D eigenvalue weighted by Crippen LogP contribution is -2.46. The molecule has 1 aliphatic heterocycles. The molecule has 0 saturated carbocycles. The molecule has 6 nitrogen and oxygen atoms in total. The molecule has 0 bridgehead atoms. The largest absolute Gasteiger partial charge is 0.350 e. The number of nitrogens with one attached hydrogen (secondary N) is 2. The zero-order chi connectivity index (χ0) is 21.3. The van der Waals surface area contributed by atoms with Crippen LogP contribution in [0.3, 0.4) is 0 Å². The lowest BCUT2D eigenvalue weighted by molar-refractivity contribution is -0.138. The summed E-state index contributed by atoms with van der Waals surface area (Å²) in [4.78, 5) is 38.9.